The molecular weight excluding hydrogens is 224 g/mol. The molecule has 0 spiro atoms. The molecule has 0 saturated carbocycles. The summed E-state index contributed by atoms with van der Waals surface area (Å²) in [5, 5.41) is 12.2. The van der Waals surface area contributed by atoms with Crippen molar-refractivity contribution in [2.75, 3.05) is 6.54 Å². The molecule has 1 amide bonds. The van der Waals surface area contributed by atoms with Crippen LogP contribution in [0.2, 0.25) is 0 Å². The van der Waals surface area contributed by atoms with E-state index in [9.17, 15) is 4.79 Å². The number of carbonyl (C=O) groups is 1. The average molecular weight is 242 g/mol. The van der Waals surface area contributed by atoms with Gasteiger partial charge in [-0.25, -0.2) is 0 Å². The van der Waals surface area contributed by atoms with Crippen molar-refractivity contribution in [3.8, 4) is 0 Å². The second-order valence-electron chi connectivity index (χ2n) is 4.11. The Labute approximate surface area is 99.5 Å². The van der Waals surface area contributed by atoms with Crippen LogP contribution in [0.4, 0.5) is 0 Å². The van der Waals surface area contributed by atoms with Crippen LogP contribution in [-0.2, 0) is 0 Å². The van der Waals surface area contributed by atoms with Gasteiger partial charge in [0.1, 0.15) is 5.01 Å². The van der Waals surface area contributed by atoms with E-state index in [0.717, 1.165) is 18.0 Å². The zero-order valence-electron chi connectivity index (χ0n) is 9.86. The fraction of sp³-hybridized carbons (Fsp3) is 0.700. The largest absolute Gasteiger partial charge is 0.363 e. The summed E-state index contributed by atoms with van der Waals surface area (Å²) in [5.41, 5.74) is 5.12. The van der Waals surface area contributed by atoms with Crippen molar-refractivity contribution in [1.29, 1.82) is 0 Å². The first-order chi connectivity index (χ1) is 7.50. The molecule has 3 N–H and O–H groups in total. The SMILES string of the molecule is CC(C)NCCC(C)c1nnc(C(N)=O)s1. The highest BCUT2D eigenvalue weighted by Crippen LogP contribution is 2.21. The summed E-state index contributed by atoms with van der Waals surface area (Å²) in [4.78, 5) is 10.9. The van der Waals surface area contributed by atoms with Crippen molar-refractivity contribution in [1.82, 2.24) is 15.5 Å². The lowest BCUT2D eigenvalue weighted by molar-refractivity contribution is 0.0999. The van der Waals surface area contributed by atoms with E-state index in [1.807, 2.05) is 0 Å². The predicted octanol–water partition coefficient (Wildman–Crippen LogP) is 1.13. The molecule has 6 heteroatoms. The monoisotopic (exact) mass is 242 g/mol. The lowest BCUT2D eigenvalue weighted by Gasteiger charge is -2.10. The molecule has 1 aromatic heterocycles. The summed E-state index contributed by atoms with van der Waals surface area (Å²) in [5.74, 6) is -0.201. The average Bonchev–Trinajstić information content (AvgIpc) is 2.65. The fourth-order valence-corrected chi connectivity index (χ4v) is 2.03. The Balaban J connectivity index is 2.46. The highest BCUT2D eigenvalue weighted by molar-refractivity contribution is 7.13. The van der Waals surface area contributed by atoms with Crippen LogP contribution in [0.3, 0.4) is 0 Å². The first-order valence-electron chi connectivity index (χ1n) is 5.37. The molecule has 1 rings (SSSR count). The van der Waals surface area contributed by atoms with Crippen LogP contribution in [-0.4, -0.2) is 28.7 Å². The van der Waals surface area contributed by atoms with Gasteiger partial charge in [0.15, 0.2) is 0 Å². The van der Waals surface area contributed by atoms with E-state index < -0.39 is 5.91 Å². The molecule has 1 heterocycles. The van der Waals surface area contributed by atoms with E-state index >= 15 is 0 Å². The maximum Gasteiger partial charge on any atom is 0.279 e. The van der Waals surface area contributed by atoms with E-state index in [2.05, 4.69) is 36.3 Å². The van der Waals surface area contributed by atoms with Gasteiger partial charge in [-0.1, -0.05) is 32.1 Å². The van der Waals surface area contributed by atoms with Gasteiger partial charge in [-0.05, 0) is 13.0 Å². The highest BCUT2D eigenvalue weighted by Gasteiger charge is 2.14. The highest BCUT2D eigenvalue weighted by atomic mass is 32.1. The van der Waals surface area contributed by atoms with Crippen LogP contribution in [0, 0.1) is 0 Å². The zero-order valence-corrected chi connectivity index (χ0v) is 10.7. The Hall–Kier alpha value is -1.01. The van der Waals surface area contributed by atoms with Gasteiger partial charge >= 0.3 is 0 Å². The number of hydrogen-bond donors (Lipinski definition) is 2. The third kappa shape index (κ3) is 3.86. The van der Waals surface area contributed by atoms with E-state index in [1.165, 1.54) is 11.3 Å². The number of carbonyl (C=O) groups excluding carboxylic acids is 1. The summed E-state index contributed by atoms with van der Waals surface area (Å²) in [6, 6.07) is 0.489. The number of rotatable bonds is 6. The molecule has 0 fully saturated rings. The topological polar surface area (TPSA) is 80.9 Å². The van der Waals surface area contributed by atoms with Crippen LogP contribution >= 0.6 is 11.3 Å². The maximum atomic E-state index is 10.9. The van der Waals surface area contributed by atoms with Gasteiger partial charge in [-0.2, -0.15) is 0 Å². The molecule has 0 aromatic carbocycles. The first kappa shape index (κ1) is 13.1. The Kier molecular flexibility index (Phi) is 4.82. The van der Waals surface area contributed by atoms with Crippen LogP contribution in [0.15, 0.2) is 0 Å². The zero-order chi connectivity index (χ0) is 12.1. The number of amides is 1. The van der Waals surface area contributed by atoms with Crippen LogP contribution in [0.25, 0.3) is 0 Å². The van der Waals surface area contributed by atoms with Crippen molar-refractivity contribution in [2.45, 2.75) is 39.2 Å². The van der Waals surface area contributed by atoms with Crippen molar-refractivity contribution < 1.29 is 4.79 Å². The van der Waals surface area contributed by atoms with Gasteiger partial charge in [0, 0.05) is 12.0 Å². The molecule has 90 valence electrons. The molecule has 1 unspecified atom stereocenters. The molecule has 0 aliphatic carbocycles. The summed E-state index contributed by atoms with van der Waals surface area (Å²) < 4.78 is 0. The Morgan fingerprint density at radius 2 is 2.12 bits per heavy atom. The number of primary amides is 1. The van der Waals surface area contributed by atoms with Crippen molar-refractivity contribution in [3.05, 3.63) is 10.0 Å². The Morgan fingerprint density at radius 1 is 1.44 bits per heavy atom. The summed E-state index contributed by atoms with van der Waals surface area (Å²) >= 11 is 1.28. The van der Waals surface area contributed by atoms with Crippen molar-refractivity contribution >= 4 is 17.2 Å². The van der Waals surface area contributed by atoms with Gasteiger partial charge in [-0.3, -0.25) is 4.79 Å². The summed E-state index contributed by atoms with van der Waals surface area (Å²) in [7, 11) is 0. The number of hydrogen-bond acceptors (Lipinski definition) is 5. The van der Waals surface area contributed by atoms with Crippen LogP contribution in [0.1, 0.15) is 47.9 Å². The fourth-order valence-electron chi connectivity index (χ4n) is 1.25. The third-order valence-electron chi connectivity index (χ3n) is 2.20. The smallest absolute Gasteiger partial charge is 0.279 e. The lowest BCUT2D eigenvalue weighted by Crippen LogP contribution is -2.24. The summed E-state index contributed by atoms with van der Waals surface area (Å²) in [6.45, 7) is 7.24. The minimum Gasteiger partial charge on any atom is -0.363 e. The number of nitrogens with two attached hydrogens (primary N) is 1. The van der Waals surface area contributed by atoms with Crippen molar-refractivity contribution in [3.63, 3.8) is 0 Å². The Morgan fingerprint density at radius 3 is 2.62 bits per heavy atom. The number of nitrogens with zero attached hydrogens (tertiary/aromatic N) is 2. The predicted molar refractivity (Wildman–Crippen MR) is 64.6 cm³/mol. The van der Waals surface area contributed by atoms with Gasteiger partial charge < -0.3 is 11.1 Å². The second-order valence-corrected chi connectivity index (χ2v) is 5.12. The van der Waals surface area contributed by atoms with E-state index in [-0.39, 0.29) is 0 Å². The van der Waals surface area contributed by atoms with Crippen molar-refractivity contribution in [2.24, 2.45) is 5.73 Å². The number of nitrogens with one attached hydrogen (secondary N) is 1. The van der Waals surface area contributed by atoms with Gasteiger partial charge in [0.25, 0.3) is 5.91 Å². The molecule has 0 aliphatic rings. The van der Waals surface area contributed by atoms with Gasteiger partial charge in [0.2, 0.25) is 5.01 Å². The normalized spacial score (nSPS) is 13.0. The van der Waals surface area contributed by atoms with Crippen LogP contribution in [0.5, 0.6) is 0 Å². The van der Waals surface area contributed by atoms with E-state index in [1.54, 1.807) is 0 Å². The second kappa shape index (κ2) is 5.91. The molecule has 1 aromatic rings. The van der Waals surface area contributed by atoms with Gasteiger partial charge in [0.05, 0.1) is 0 Å². The third-order valence-corrected chi connectivity index (χ3v) is 3.37. The quantitative estimate of drug-likeness (QED) is 0.783. The molecular formula is C10H18N4OS. The molecule has 16 heavy (non-hydrogen) atoms. The molecule has 1 atom stereocenters. The minimum absolute atomic E-state index is 0.290. The lowest BCUT2D eigenvalue weighted by atomic mass is 10.1. The Bertz CT molecular complexity index is 350. The molecule has 0 saturated heterocycles. The minimum atomic E-state index is -0.503. The summed E-state index contributed by atoms with van der Waals surface area (Å²) in [6.07, 6.45) is 0.978. The maximum absolute atomic E-state index is 10.9. The number of aromatic nitrogens is 2. The first-order valence-corrected chi connectivity index (χ1v) is 6.19. The van der Waals surface area contributed by atoms with Crippen LogP contribution < -0.4 is 11.1 Å². The van der Waals surface area contributed by atoms with E-state index in [4.69, 9.17) is 5.73 Å². The molecule has 0 aliphatic heterocycles. The van der Waals surface area contributed by atoms with E-state index in [0.29, 0.717) is 17.0 Å². The molecule has 0 radical (unpaired) electrons. The molecule has 5 nitrogen and oxygen atoms in total. The molecule has 0 bridgehead atoms. The standard InChI is InChI=1S/C10H18N4OS/c1-6(2)12-5-4-7(3)9-13-14-10(16-9)8(11)15/h6-7,12H,4-5H2,1-3H3,(H2,11,15). The van der Waals surface area contributed by atoms with Gasteiger partial charge in [-0.15, -0.1) is 10.2 Å².